The van der Waals surface area contributed by atoms with Crippen molar-refractivity contribution in [2.45, 2.75) is 16.6 Å². The van der Waals surface area contributed by atoms with E-state index in [9.17, 15) is 8.42 Å². The van der Waals surface area contributed by atoms with Crippen LogP contribution in [0.4, 0.5) is 0 Å². The van der Waals surface area contributed by atoms with Gasteiger partial charge in [0.1, 0.15) is 0 Å². The lowest BCUT2D eigenvalue weighted by molar-refractivity contribution is 0.201. The fourth-order valence-electron chi connectivity index (χ4n) is 1.38. The molecule has 1 atom stereocenters. The highest BCUT2D eigenvalue weighted by atomic mass is 79.9. The van der Waals surface area contributed by atoms with Crippen LogP contribution in [0.5, 0.6) is 0 Å². The number of methoxy groups -OCH3 is 1. The van der Waals surface area contributed by atoms with E-state index >= 15 is 0 Å². The van der Waals surface area contributed by atoms with Gasteiger partial charge >= 0.3 is 0 Å². The van der Waals surface area contributed by atoms with Crippen molar-refractivity contribution in [1.82, 2.24) is 4.72 Å². The van der Waals surface area contributed by atoms with Gasteiger partial charge < -0.3 is 4.74 Å². The average Bonchev–Trinajstić information content (AvgIpc) is 2.27. The number of rotatable bonds is 6. The number of aryl methyl sites for hydroxylation is 1. The smallest absolute Gasteiger partial charge is 0.240 e. The number of halogens is 1. The van der Waals surface area contributed by atoms with E-state index in [0.29, 0.717) is 18.0 Å². The van der Waals surface area contributed by atoms with Crippen molar-refractivity contribution in [2.75, 3.05) is 20.3 Å². The van der Waals surface area contributed by atoms with Gasteiger partial charge in [-0.15, -0.1) is 0 Å². The molecule has 0 radical (unpaired) electrons. The van der Waals surface area contributed by atoms with Crippen molar-refractivity contribution in [1.29, 1.82) is 0 Å². The fraction of sp³-hybridized carbons (Fsp3) is 0.455. The summed E-state index contributed by atoms with van der Waals surface area (Å²) in [6, 6.07) is 6.89. The molecule has 96 valence electrons. The summed E-state index contributed by atoms with van der Waals surface area (Å²) in [5.74, 6) is 0. The summed E-state index contributed by atoms with van der Waals surface area (Å²) in [6.45, 7) is 2.52. The first-order valence-electron chi connectivity index (χ1n) is 5.15. The van der Waals surface area contributed by atoms with Crippen LogP contribution in [0.1, 0.15) is 5.56 Å². The van der Waals surface area contributed by atoms with Crippen LogP contribution in [0.3, 0.4) is 0 Å². The fourth-order valence-corrected chi connectivity index (χ4v) is 3.34. The summed E-state index contributed by atoms with van der Waals surface area (Å²) >= 11 is 3.33. The van der Waals surface area contributed by atoms with Crippen LogP contribution in [0.15, 0.2) is 29.2 Å². The van der Waals surface area contributed by atoms with Crippen LogP contribution in [0, 0.1) is 6.92 Å². The van der Waals surface area contributed by atoms with Gasteiger partial charge in [0.25, 0.3) is 0 Å². The van der Waals surface area contributed by atoms with E-state index in [0.717, 1.165) is 5.56 Å². The third-order valence-electron chi connectivity index (χ3n) is 2.23. The van der Waals surface area contributed by atoms with Crippen molar-refractivity contribution < 1.29 is 13.2 Å². The van der Waals surface area contributed by atoms with Crippen molar-refractivity contribution >= 4 is 26.0 Å². The summed E-state index contributed by atoms with van der Waals surface area (Å²) < 4.78 is 31.4. The zero-order valence-corrected chi connectivity index (χ0v) is 12.2. The lowest BCUT2D eigenvalue weighted by Crippen LogP contribution is -2.31. The number of sulfonamides is 1. The Kier molecular flexibility index (Phi) is 5.58. The van der Waals surface area contributed by atoms with Gasteiger partial charge in [-0.2, -0.15) is 0 Å². The lowest BCUT2D eigenvalue weighted by atomic mass is 10.2. The first-order chi connectivity index (χ1) is 7.97. The minimum atomic E-state index is -3.44. The normalized spacial score (nSPS) is 13.6. The van der Waals surface area contributed by atoms with E-state index in [-0.39, 0.29) is 4.83 Å². The highest BCUT2D eigenvalue weighted by molar-refractivity contribution is 9.09. The zero-order chi connectivity index (χ0) is 12.9. The number of nitrogens with one attached hydrogen (secondary N) is 1. The Morgan fingerprint density at radius 1 is 1.41 bits per heavy atom. The summed E-state index contributed by atoms with van der Waals surface area (Å²) in [7, 11) is -1.87. The molecule has 0 aliphatic carbocycles. The molecule has 0 fully saturated rings. The monoisotopic (exact) mass is 321 g/mol. The highest BCUT2D eigenvalue weighted by Crippen LogP contribution is 2.14. The molecule has 0 aliphatic heterocycles. The first-order valence-corrected chi connectivity index (χ1v) is 7.55. The maximum atomic E-state index is 12.0. The molecule has 1 unspecified atom stereocenters. The molecule has 4 nitrogen and oxygen atoms in total. The molecule has 17 heavy (non-hydrogen) atoms. The zero-order valence-electron chi connectivity index (χ0n) is 9.81. The molecule has 1 rings (SSSR count). The Morgan fingerprint density at radius 3 is 2.65 bits per heavy atom. The number of hydrogen-bond acceptors (Lipinski definition) is 3. The maximum absolute atomic E-state index is 12.0. The van der Waals surface area contributed by atoms with Crippen molar-refractivity contribution in [3.05, 3.63) is 29.8 Å². The topological polar surface area (TPSA) is 55.4 Å². The van der Waals surface area contributed by atoms with Gasteiger partial charge in [-0.1, -0.05) is 34.1 Å². The van der Waals surface area contributed by atoms with Gasteiger partial charge in [0.15, 0.2) is 0 Å². The molecule has 0 heterocycles. The predicted molar refractivity (Wildman–Crippen MR) is 71.0 cm³/mol. The number of ether oxygens (including phenoxy) is 1. The number of benzene rings is 1. The second kappa shape index (κ2) is 6.49. The van der Waals surface area contributed by atoms with Crippen LogP contribution in [-0.4, -0.2) is 33.5 Å². The standard InChI is InChI=1S/C11H16BrNO3S/c1-9-5-3-4-6-11(9)17(14,15)13-7-10(12)8-16-2/h3-6,10,13H,7-8H2,1-2H3. The van der Waals surface area contributed by atoms with E-state index in [1.807, 2.05) is 6.07 Å². The molecule has 6 heteroatoms. The van der Waals surface area contributed by atoms with E-state index in [1.165, 1.54) is 0 Å². The number of hydrogen-bond donors (Lipinski definition) is 1. The predicted octanol–water partition coefficient (Wildman–Crippen LogP) is 1.68. The number of alkyl halides is 1. The summed E-state index contributed by atoms with van der Waals surface area (Å²) in [4.78, 5) is 0.281. The van der Waals surface area contributed by atoms with E-state index in [1.54, 1.807) is 32.2 Å². The van der Waals surface area contributed by atoms with E-state index < -0.39 is 10.0 Å². The first kappa shape index (κ1) is 14.6. The Balaban J connectivity index is 2.73. The van der Waals surface area contributed by atoms with E-state index in [2.05, 4.69) is 20.7 Å². The van der Waals surface area contributed by atoms with Crippen LogP contribution >= 0.6 is 15.9 Å². The molecule has 0 saturated carbocycles. The lowest BCUT2D eigenvalue weighted by Gasteiger charge is -2.12. The molecule has 0 amide bonds. The second-order valence-corrected chi connectivity index (χ2v) is 6.70. The third kappa shape index (κ3) is 4.39. The summed E-state index contributed by atoms with van der Waals surface area (Å²) in [6.07, 6.45) is 0. The molecule has 1 aromatic carbocycles. The van der Waals surface area contributed by atoms with Crippen molar-refractivity contribution in [3.63, 3.8) is 0 Å². The van der Waals surface area contributed by atoms with Gasteiger partial charge in [0.2, 0.25) is 10.0 Å². The Hall–Kier alpha value is -0.430. The van der Waals surface area contributed by atoms with Crippen LogP contribution < -0.4 is 4.72 Å². The minimum Gasteiger partial charge on any atom is -0.383 e. The van der Waals surface area contributed by atoms with Gasteiger partial charge in [0.05, 0.1) is 16.3 Å². The van der Waals surface area contributed by atoms with Crippen LogP contribution in [-0.2, 0) is 14.8 Å². The van der Waals surface area contributed by atoms with Crippen molar-refractivity contribution in [3.8, 4) is 0 Å². The van der Waals surface area contributed by atoms with Crippen molar-refractivity contribution in [2.24, 2.45) is 0 Å². The Morgan fingerprint density at radius 2 is 2.06 bits per heavy atom. The Labute approximate surface area is 111 Å². The summed E-state index contributed by atoms with van der Waals surface area (Å²) in [5, 5.41) is 0. The SMILES string of the molecule is COCC(Br)CNS(=O)(=O)c1ccccc1C. The molecule has 0 aliphatic rings. The van der Waals surface area contributed by atoms with Crippen LogP contribution in [0.25, 0.3) is 0 Å². The molecule has 0 saturated heterocycles. The van der Waals surface area contributed by atoms with Gasteiger partial charge in [-0.05, 0) is 18.6 Å². The molecule has 0 bridgehead atoms. The molecule has 0 spiro atoms. The quantitative estimate of drug-likeness (QED) is 0.811. The van der Waals surface area contributed by atoms with Gasteiger partial charge in [-0.25, -0.2) is 13.1 Å². The van der Waals surface area contributed by atoms with Gasteiger partial charge in [0, 0.05) is 13.7 Å². The third-order valence-corrected chi connectivity index (χ3v) is 4.40. The molecule has 0 aromatic heterocycles. The van der Waals surface area contributed by atoms with Gasteiger partial charge in [-0.3, -0.25) is 0 Å². The van der Waals surface area contributed by atoms with E-state index in [4.69, 9.17) is 4.74 Å². The largest absolute Gasteiger partial charge is 0.383 e. The summed E-state index contributed by atoms with van der Waals surface area (Å²) in [5.41, 5.74) is 0.734. The molecule has 1 aromatic rings. The molecular weight excluding hydrogens is 306 g/mol. The molecular formula is C11H16BrNO3S. The highest BCUT2D eigenvalue weighted by Gasteiger charge is 2.17. The average molecular weight is 322 g/mol. The maximum Gasteiger partial charge on any atom is 0.240 e. The second-order valence-electron chi connectivity index (χ2n) is 3.67. The van der Waals surface area contributed by atoms with Crippen LogP contribution in [0.2, 0.25) is 0 Å². The molecule has 1 N–H and O–H groups in total. The Bertz CT molecular complexity index is 462. The minimum absolute atomic E-state index is 0.0358.